The maximum Gasteiger partial charge on any atom is 0.222 e. The Bertz CT molecular complexity index is 659. The molecule has 3 rings (SSSR count). The molecule has 1 saturated heterocycles. The number of amides is 1. The maximum atomic E-state index is 11.4. The normalized spacial score (nSPS) is 19.2. The summed E-state index contributed by atoms with van der Waals surface area (Å²) in [6, 6.07) is 10.1. The lowest BCUT2D eigenvalue weighted by Gasteiger charge is -2.32. The van der Waals surface area contributed by atoms with E-state index in [9.17, 15) is 4.79 Å². The number of anilines is 1. The molecule has 2 N–H and O–H groups in total. The van der Waals surface area contributed by atoms with Crippen LogP contribution in [0.15, 0.2) is 34.8 Å². The van der Waals surface area contributed by atoms with Crippen LogP contribution in [0.3, 0.4) is 0 Å². The molecule has 0 saturated carbocycles. The lowest BCUT2D eigenvalue weighted by atomic mass is 9.97. The van der Waals surface area contributed by atoms with E-state index in [0.717, 1.165) is 40.6 Å². The molecule has 1 amide bonds. The zero-order valence-electron chi connectivity index (χ0n) is 11.1. The second-order valence-electron chi connectivity index (χ2n) is 5.17. The Morgan fingerprint density at radius 3 is 3.00 bits per heavy atom. The van der Waals surface area contributed by atoms with E-state index in [1.807, 2.05) is 24.3 Å². The molecule has 0 spiro atoms. The molecule has 2 heterocycles. The fraction of sp³-hybridized carbons (Fsp3) is 0.333. The predicted molar refractivity (Wildman–Crippen MR) is 83.6 cm³/mol. The fourth-order valence-electron chi connectivity index (χ4n) is 2.69. The van der Waals surface area contributed by atoms with E-state index >= 15 is 0 Å². The molecule has 0 aliphatic carbocycles. The Labute approximate surface area is 126 Å². The number of hydrogen-bond acceptors (Lipinski definition) is 3. The largest absolute Gasteiger partial charge is 0.369 e. The van der Waals surface area contributed by atoms with Gasteiger partial charge in [-0.1, -0.05) is 12.1 Å². The van der Waals surface area contributed by atoms with Crippen molar-refractivity contribution in [3.05, 3.63) is 34.8 Å². The summed E-state index contributed by atoms with van der Waals surface area (Å²) in [6.07, 6.45) is 1.85. The predicted octanol–water partition coefficient (Wildman–Crippen LogP) is 2.70. The molecule has 1 aromatic carbocycles. The van der Waals surface area contributed by atoms with Crippen LogP contribution in [-0.2, 0) is 4.79 Å². The quantitative estimate of drug-likeness (QED) is 0.919. The molecule has 104 valence electrons. The zero-order valence-corrected chi connectivity index (χ0v) is 12.6. The summed E-state index contributed by atoms with van der Waals surface area (Å²) in [5, 5.41) is 1.10. The standard InChI is InChI=1S/C15H16BrN3O/c16-12-5-1-3-10-6-7-13(18-14(10)12)19-8-2-4-11(9-19)15(17)20/h1,3,5-7,11H,2,4,8-9H2,(H2,17,20). The number of hydrogen-bond donors (Lipinski definition) is 1. The third kappa shape index (κ3) is 2.50. The molecule has 0 bridgehead atoms. The summed E-state index contributed by atoms with van der Waals surface area (Å²) >= 11 is 3.53. The summed E-state index contributed by atoms with van der Waals surface area (Å²) in [7, 11) is 0. The number of carbonyl (C=O) groups is 1. The molecule has 4 nitrogen and oxygen atoms in total. The highest BCUT2D eigenvalue weighted by atomic mass is 79.9. The fourth-order valence-corrected chi connectivity index (χ4v) is 3.16. The van der Waals surface area contributed by atoms with Crippen LogP contribution in [0.2, 0.25) is 0 Å². The van der Waals surface area contributed by atoms with Gasteiger partial charge in [-0.25, -0.2) is 4.98 Å². The van der Waals surface area contributed by atoms with Crippen molar-refractivity contribution < 1.29 is 4.79 Å². The molecule has 20 heavy (non-hydrogen) atoms. The van der Waals surface area contributed by atoms with Gasteiger partial charge in [-0.15, -0.1) is 0 Å². The minimum Gasteiger partial charge on any atom is -0.369 e. The molecule has 2 aromatic rings. The lowest BCUT2D eigenvalue weighted by molar-refractivity contribution is -0.122. The van der Waals surface area contributed by atoms with Gasteiger partial charge >= 0.3 is 0 Å². The van der Waals surface area contributed by atoms with Crippen molar-refractivity contribution in [1.29, 1.82) is 0 Å². The average Bonchev–Trinajstić information content (AvgIpc) is 2.47. The number of fused-ring (bicyclic) bond motifs is 1. The van der Waals surface area contributed by atoms with Crippen molar-refractivity contribution in [2.24, 2.45) is 11.7 Å². The number of halogens is 1. The first-order valence-electron chi connectivity index (χ1n) is 6.74. The molecule has 5 heteroatoms. The summed E-state index contributed by atoms with van der Waals surface area (Å²) in [5.74, 6) is 0.632. The van der Waals surface area contributed by atoms with Gasteiger partial charge in [-0.3, -0.25) is 4.79 Å². The first-order valence-corrected chi connectivity index (χ1v) is 7.54. The third-order valence-corrected chi connectivity index (χ3v) is 4.44. The molecular formula is C15H16BrN3O. The Morgan fingerprint density at radius 1 is 1.35 bits per heavy atom. The number of benzene rings is 1. The molecule has 1 unspecified atom stereocenters. The second kappa shape index (κ2) is 5.40. The third-order valence-electron chi connectivity index (χ3n) is 3.80. The van der Waals surface area contributed by atoms with Crippen LogP contribution in [-0.4, -0.2) is 24.0 Å². The molecule has 1 aromatic heterocycles. The Balaban J connectivity index is 1.93. The number of primary amides is 1. The van der Waals surface area contributed by atoms with Crippen LogP contribution in [0, 0.1) is 5.92 Å². The number of rotatable bonds is 2. The number of nitrogens with two attached hydrogens (primary N) is 1. The summed E-state index contributed by atoms with van der Waals surface area (Å²) in [4.78, 5) is 18.2. The lowest BCUT2D eigenvalue weighted by Crippen LogP contribution is -2.41. The molecule has 1 atom stereocenters. The van der Waals surface area contributed by atoms with E-state index in [-0.39, 0.29) is 11.8 Å². The van der Waals surface area contributed by atoms with Gasteiger partial charge in [0.05, 0.1) is 11.4 Å². The summed E-state index contributed by atoms with van der Waals surface area (Å²) in [6.45, 7) is 1.59. The van der Waals surface area contributed by atoms with Gasteiger partial charge in [0.25, 0.3) is 0 Å². The number of para-hydroxylation sites is 1. The number of aromatic nitrogens is 1. The number of carbonyl (C=O) groups excluding carboxylic acids is 1. The highest BCUT2D eigenvalue weighted by molar-refractivity contribution is 9.10. The van der Waals surface area contributed by atoms with Crippen molar-refractivity contribution >= 4 is 38.6 Å². The highest BCUT2D eigenvalue weighted by Gasteiger charge is 2.24. The van der Waals surface area contributed by atoms with Crippen molar-refractivity contribution in [3.8, 4) is 0 Å². The average molecular weight is 334 g/mol. The maximum absolute atomic E-state index is 11.4. The monoisotopic (exact) mass is 333 g/mol. The molecule has 1 aliphatic rings. The summed E-state index contributed by atoms with van der Waals surface area (Å²) < 4.78 is 0.986. The van der Waals surface area contributed by atoms with Crippen LogP contribution >= 0.6 is 15.9 Å². The number of nitrogens with zero attached hydrogens (tertiary/aromatic N) is 2. The Hall–Kier alpha value is -1.62. The van der Waals surface area contributed by atoms with Gasteiger partial charge in [0.15, 0.2) is 0 Å². The number of piperidine rings is 1. The van der Waals surface area contributed by atoms with Gasteiger partial charge in [-0.05, 0) is 47.0 Å². The smallest absolute Gasteiger partial charge is 0.222 e. The first kappa shape index (κ1) is 13.4. The Kier molecular flexibility index (Phi) is 3.61. The van der Waals surface area contributed by atoms with E-state index in [4.69, 9.17) is 10.7 Å². The highest BCUT2D eigenvalue weighted by Crippen LogP contribution is 2.27. The van der Waals surface area contributed by atoms with Gasteiger partial charge in [-0.2, -0.15) is 0 Å². The van der Waals surface area contributed by atoms with Crippen LogP contribution in [0.4, 0.5) is 5.82 Å². The van der Waals surface area contributed by atoms with Gasteiger partial charge in [0.1, 0.15) is 5.82 Å². The van der Waals surface area contributed by atoms with Crippen molar-refractivity contribution in [2.75, 3.05) is 18.0 Å². The van der Waals surface area contributed by atoms with Gasteiger partial charge in [0, 0.05) is 22.9 Å². The minimum atomic E-state index is -0.211. The van der Waals surface area contributed by atoms with Crippen molar-refractivity contribution in [2.45, 2.75) is 12.8 Å². The van der Waals surface area contributed by atoms with Crippen LogP contribution in [0.25, 0.3) is 10.9 Å². The zero-order chi connectivity index (χ0) is 14.1. The van der Waals surface area contributed by atoms with Gasteiger partial charge in [0.2, 0.25) is 5.91 Å². The van der Waals surface area contributed by atoms with E-state index in [1.54, 1.807) is 0 Å². The topological polar surface area (TPSA) is 59.2 Å². The Morgan fingerprint density at radius 2 is 2.20 bits per heavy atom. The second-order valence-corrected chi connectivity index (χ2v) is 6.02. The van der Waals surface area contributed by atoms with E-state index < -0.39 is 0 Å². The molecular weight excluding hydrogens is 318 g/mol. The summed E-state index contributed by atoms with van der Waals surface area (Å²) in [5.41, 5.74) is 6.38. The van der Waals surface area contributed by atoms with Gasteiger partial charge < -0.3 is 10.6 Å². The van der Waals surface area contributed by atoms with Crippen LogP contribution in [0.1, 0.15) is 12.8 Å². The van der Waals surface area contributed by atoms with Crippen molar-refractivity contribution in [1.82, 2.24) is 4.98 Å². The minimum absolute atomic E-state index is 0.0690. The number of pyridine rings is 1. The van der Waals surface area contributed by atoms with Crippen LogP contribution < -0.4 is 10.6 Å². The van der Waals surface area contributed by atoms with Crippen LogP contribution in [0.5, 0.6) is 0 Å². The SMILES string of the molecule is NC(=O)C1CCCN(c2ccc3cccc(Br)c3n2)C1. The molecule has 1 aliphatic heterocycles. The van der Waals surface area contributed by atoms with E-state index in [0.29, 0.717) is 6.54 Å². The van der Waals surface area contributed by atoms with E-state index in [1.165, 1.54) is 0 Å². The van der Waals surface area contributed by atoms with Crippen molar-refractivity contribution in [3.63, 3.8) is 0 Å². The molecule has 1 fully saturated rings. The van der Waals surface area contributed by atoms with E-state index in [2.05, 4.69) is 26.9 Å². The first-order chi connectivity index (χ1) is 9.65. The molecule has 0 radical (unpaired) electrons.